The Hall–Kier alpha value is -4.55. The summed E-state index contributed by atoms with van der Waals surface area (Å²) >= 11 is 0.701. The lowest BCUT2D eigenvalue weighted by Crippen LogP contribution is -2.58. The summed E-state index contributed by atoms with van der Waals surface area (Å²) < 4.78 is 83.5. The Kier molecular flexibility index (Phi) is 8.61. The molecular weight excluding hydrogens is 690 g/mol. The maximum Gasteiger partial charge on any atom is 0.417 e. The Labute approximate surface area is 295 Å². The van der Waals surface area contributed by atoms with E-state index in [2.05, 4.69) is 28.4 Å². The molecule has 4 atom stereocenters. The smallest absolute Gasteiger partial charge is 0.417 e. The molecule has 3 aliphatic heterocycles. The number of hydrogen-bond acceptors (Lipinski definition) is 9. The van der Waals surface area contributed by atoms with E-state index in [0.717, 1.165) is 50.6 Å². The van der Waals surface area contributed by atoms with Crippen molar-refractivity contribution >= 4 is 49.1 Å². The molecule has 3 aliphatic rings. The minimum absolute atomic E-state index is 0.0262. The second-order valence-electron chi connectivity index (χ2n) is 14.0. The molecule has 0 spiro atoms. The van der Waals surface area contributed by atoms with Crippen molar-refractivity contribution in [2.45, 2.75) is 63.8 Å². The molecule has 2 aromatic carbocycles. The number of halogens is 5. The SMILES string of the molecule is C=CC(=O)N1CC(C)N(c2nc(OCC34CCCN3CC(C)C4)nc3c(F)c(-c4ccc(F)c5sc(N)c(C#N)c45)c(C(F)(F)F)cc23)CC1C. The van der Waals surface area contributed by atoms with Crippen LogP contribution in [0.25, 0.3) is 32.1 Å². The summed E-state index contributed by atoms with van der Waals surface area (Å²) in [5.41, 5.74) is 2.47. The number of nitriles is 1. The zero-order valence-corrected chi connectivity index (χ0v) is 29.1. The Balaban J connectivity index is 1.46. The van der Waals surface area contributed by atoms with Gasteiger partial charge >= 0.3 is 12.2 Å². The number of nitrogens with zero attached hydrogens (tertiary/aromatic N) is 6. The van der Waals surface area contributed by atoms with Gasteiger partial charge in [0.15, 0.2) is 5.82 Å². The highest BCUT2D eigenvalue weighted by Crippen LogP contribution is 2.48. The molecule has 1 amide bonds. The average Bonchev–Trinajstić information content (AvgIpc) is 3.73. The van der Waals surface area contributed by atoms with Gasteiger partial charge in [-0.1, -0.05) is 19.6 Å². The topological polar surface area (TPSA) is 112 Å². The van der Waals surface area contributed by atoms with Crippen LogP contribution in [0.15, 0.2) is 30.9 Å². The summed E-state index contributed by atoms with van der Waals surface area (Å²) in [6, 6.07) is 3.57. The number of amides is 1. The minimum Gasteiger partial charge on any atom is -0.461 e. The number of carbonyl (C=O) groups excluding carboxylic acids is 1. The van der Waals surface area contributed by atoms with E-state index in [4.69, 9.17) is 10.5 Å². The highest BCUT2D eigenvalue weighted by Gasteiger charge is 2.48. The van der Waals surface area contributed by atoms with Crippen LogP contribution in [0, 0.1) is 28.9 Å². The van der Waals surface area contributed by atoms with Crippen LogP contribution in [0.4, 0.5) is 32.8 Å². The van der Waals surface area contributed by atoms with Gasteiger partial charge in [-0.3, -0.25) is 9.69 Å². The van der Waals surface area contributed by atoms with Gasteiger partial charge in [0.05, 0.1) is 21.4 Å². The largest absolute Gasteiger partial charge is 0.461 e. The van der Waals surface area contributed by atoms with E-state index >= 15 is 17.6 Å². The molecule has 51 heavy (non-hydrogen) atoms. The minimum atomic E-state index is -5.09. The van der Waals surface area contributed by atoms with Crippen LogP contribution in [0.5, 0.6) is 6.01 Å². The van der Waals surface area contributed by atoms with Gasteiger partial charge in [-0.05, 0) is 69.3 Å². The number of aromatic nitrogens is 2. The molecule has 15 heteroatoms. The number of nitrogen functional groups attached to an aromatic ring is 1. The number of carbonyl (C=O) groups is 1. The molecule has 7 rings (SSSR count). The zero-order chi connectivity index (χ0) is 36.6. The number of ether oxygens (including phenoxy) is 1. The van der Waals surface area contributed by atoms with Crippen LogP contribution in [-0.2, 0) is 11.0 Å². The van der Waals surface area contributed by atoms with Crippen LogP contribution in [0.3, 0.4) is 0 Å². The predicted octanol–water partition coefficient (Wildman–Crippen LogP) is 7.13. The molecule has 4 unspecified atom stereocenters. The molecule has 0 bridgehead atoms. The number of nitrogens with two attached hydrogens (primary N) is 1. The fourth-order valence-electron chi connectivity index (χ4n) is 8.34. The number of piperazine rings is 1. The molecule has 0 saturated carbocycles. The van der Waals surface area contributed by atoms with Gasteiger partial charge in [-0.25, -0.2) is 8.78 Å². The van der Waals surface area contributed by atoms with Crippen LogP contribution in [0.1, 0.15) is 51.2 Å². The molecule has 2 N–H and O–H groups in total. The van der Waals surface area contributed by atoms with Gasteiger partial charge in [-0.2, -0.15) is 28.4 Å². The molecule has 2 aromatic heterocycles. The van der Waals surface area contributed by atoms with Gasteiger partial charge in [0.2, 0.25) is 5.91 Å². The van der Waals surface area contributed by atoms with Crippen molar-refractivity contribution in [1.29, 1.82) is 5.26 Å². The predicted molar refractivity (Wildman–Crippen MR) is 185 cm³/mol. The van der Waals surface area contributed by atoms with Gasteiger partial charge < -0.3 is 20.3 Å². The standard InChI is InChI=1S/C36H36F5N7O2S/c1-5-26(49)47-15-20(4)48(16-19(47)3)33-22-11-24(36(39,40)41)28(21-7-8-25(37)31-27(21)23(13-42)32(43)51-31)29(38)30(22)44-34(45-33)50-17-35-9-6-10-46(35)14-18(2)12-35/h5,7-8,11,18-20H,1,6,9-10,12,14-17,43H2,2-4H3. The number of thiophene rings is 1. The molecule has 5 heterocycles. The molecule has 9 nitrogen and oxygen atoms in total. The number of anilines is 2. The summed E-state index contributed by atoms with van der Waals surface area (Å²) in [4.78, 5) is 27.4. The lowest BCUT2D eigenvalue weighted by molar-refractivity contribution is -0.137. The van der Waals surface area contributed by atoms with Crippen molar-refractivity contribution in [2.24, 2.45) is 5.92 Å². The van der Waals surface area contributed by atoms with Crippen LogP contribution in [0.2, 0.25) is 0 Å². The maximum atomic E-state index is 17.2. The number of hydrogen-bond donors (Lipinski definition) is 1. The van der Waals surface area contributed by atoms with E-state index in [-0.39, 0.29) is 80.6 Å². The van der Waals surface area contributed by atoms with E-state index in [1.54, 1.807) is 23.6 Å². The molecule has 0 radical (unpaired) electrons. The quantitative estimate of drug-likeness (QED) is 0.165. The lowest BCUT2D eigenvalue weighted by atomic mass is 9.91. The van der Waals surface area contributed by atoms with Crippen molar-refractivity contribution in [3.8, 4) is 23.2 Å². The third-order valence-electron chi connectivity index (χ3n) is 10.6. The van der Waals surface area contributed by atoms with Crippen molar-refractivity contribution in [3.63, 3.8) is 0 Å². The van der Waals surface area contributed by atoms with Gasteiger partial charge in [0, 0.05) is 48.1 Å². The first-order valence-corrected chi connectivity index (χ1v) is 17.6. The Bertz CT molecular complexity index is 2130. The normalized spacial score (nSPS) is 23.9. The highest BCUT2D eigenvalue weighted by atomic mass is 32.1. The zero-order valence-electron chi connectivity index (χ0n) is 28.3. The van der Waals surface area contributed by atoms with Crippen molar-refractivity contribution in [3.05, 3.63) is 53.6 Å². The highest BCUT2D eigenvalue weighted by molar-refractivity contribution is 7.23. The second-order valence-corrected chi connectivity index (χ2v) is 15.1. The van der Waals surface area contributed by atoms with Crippen LogP contribution < -0.4 is 15.4 Å². The monoisotopic (exact) mass is 725 g/mol. The van der Waals surface area contributed by atoms with E-state index in [9.17, 15) is 14.4 Å². The number of alkyl halides is 3. The first-order valence-electron chi connectivity index (χ1n) is 16.8. The van der Waals surface area contributed by atoms with Crippen molar-refractivity contribution in [2.75, 3.05) is 43.4 Å². The van der Waals surface area contributed by atoms with Gasteiger partial charge in [0.25, 0.3) is 0 Å². The fourth-order valence-corrected chi connectivity index (χ4v) is 9.29. The van der Waals surface area contributed by atoms with E-state index < -0.39 is 40.5 Å². The summed E-state index contributed by atoms with van der Waals surface area (Å²) in [5.74, 6) is -1.95. The Morgan fingerprint density at radius 1 is 1.20 bits per heavy atom. The number of benzene rings is 2. The summed E-state index contributed by atoms with van der Waals surface area (Å²) in [5, 5.41) is 9.33. The van der Waals surface area contributed by atoms with E-state index in [0.29, 0.717) is 17.3 Å². The molecule has 0 aliphatic carbocycles. The maximum absolute atomic E-state index is 17.2. The third-order valence-corrected chi connectivity index (χ3v) is 11.6. The summed E-state index contributed by atoms with van der Waals surface area (Å²) in [6.45, 7) is 11.8. The summed E-state index contributed by atoms with van der Waals surface area (Å²) in [6.07, 6.45) is -1.11. The second kappa shape index (κ2) is 12.6. The van der Waals surface area contributed by atoms with Crippen LogP contribution >= 0.6 is 11.3 Å². The Morgan fingerprint density at radius 3 is 2.67 bits per heavy atom. The molecule has 3 fully saturated rings. The van der Waals surface area contributed by atoms with Gasteiger partial charge in [-0.15, -0.1) is 11.3 Å². The van der Waals surface area contributed by atoms with Crippen LogP contribution in [-0.4, -0.2) is 76.1 Å². The molecule has 3 saturated heterocycles. The molecule has 4 aromatic rings. The fraction of sp³-hybridized carbons (Fsp3) is 0.444. The third kappa shape index (κ3) is 5.72. The lowest BCUT2D eigenvalue weighted by Gasteiger charge is -2.44. The van der Waals surface area contributed by atoms with E-state index in [1.807, 2.05) is 6.07 Å². The first-order chi connectivity index (χ1) is 24.2. The average molecular weight is 726 g/mol. The van der Waals surface area contributed by atoms with Crippen molar-refractivity contribution < 1.29 is 31.5 Å². The molecule has 268 valence electrons. The van der Waals surface area contributed by atoms with E-state index in [1.165, 1.54) is 6.08 Å². The number of rotatable bonds is 6. The van der Waals surface area contributed by atoms with Gasteiger partial charge in [0.1, 0.15) is 34.8 Å². The first kappa shape index (κ1) is 34.9. The number of fused-ring (bicyclic) bond motifs is 3. The van der Waals surface area contributed by atoms with Crippen molar-refractivity contribution in [1.82, 2.24) is 19.8 Å². The summed E-state index contributed by atoms with van der Waals surface area (Å²) in [7, 11) is 0. The Morgan fingerprint density at radius 2 is 1.96 bits per heavy atom. The molecular formula is C36H36F5N7O2S.